The van der Waals surface area contributed by atoms with Crippen LogP contribution in [0.5, 0.6) is 0 Å². The van der Waals surface area contributed by atoms with E-state index in [9.17, 15) is 18.4 Å². The monoisotopic (exact) mass is 590 g/mol. The number of ether oxygens (including phenoxy) is 2. The van der Waals surface area contributed by atoms with Gasteiger partial charge in [-0.05, 0) is 126 Å². The van der Waals surface area contributed by atoms with Gasteiger partial charge in [0, 0.05) is 0 Å². The van der Waals surface area contributed by atoms with Gasteiger partial charge in [0.25, 0.3) is 0 Å². The van der Waals surface area contributed by atoms with Gasteiger partial charge in [0.2, 0.25) is 0 Å². The van der Waals surface area contributed by atoms with Gasteiger partial charge in [-0.15, -0.1) is 0 Å². The van der Waals surface area contributed by atoms with Crippen LogP contribution in [-0.4, -0.2) is 36.5 Å². The average molecular weight is 591 g/mol. The molecule has 42 heavy (non-hydrogen) atoms. The zero-order chi connectivity index (χ0) is 30.2. The van der Waals surface area contributed by atoms with E-state index >= 15 is 0 Å². The average Bonchev–Trinajstić information content (AvgIpc) is 3.01. The molecule has 2 saturated carbocycles. The van der Waals surface area contributed by atoms with Crippen LogP contribution in [0.1, 0.15) is 141 Å². The van der Waals surface area contributed by atoms with Gasteiger partial charge in [-0.3, -0.25) is 0 Å². The van der Waals surface area contributed by atoms with Gasteiger partial charge in [-0.1, -0.05) is 63.8 Å². The molecule has 3 rings (SSSR count). The van der Waals surface area contributed by atoms with Crippen LogP contribution in [0.2, 0.25) is 0 Å². The molecule has 0 bridgehead atoms. The number of rotatable bonds is 18. The van der Waals surface area contributed by atoms with Crippen LogP contribution in [0, 0.1) is 11.8 Å². The van der Waals surface area contributed by atoms with Crippen LogP contribution >= 0.6 is 0 Å². The molecule has 0 aromatic heterocycles. The van der Waals surface area contributed by atoms with E-state index < -0.39 is 24.3 Å². The minimum absolute atomic E-state index is 0.120. The topological polar surface area (TPSA) is 52.6 Å². The van der Waals surface area contributed by atoms with Crippen molar-refractivity contribution in [2.24, 2.45) is 11.8 Å². The Balaban J connectivity index is 1.26. The SMILES string of the molecule is CCCCC[C@@H](F)C(=O)O[C@H]1CC[C@H](CCc2ccc(CC[C@H]3CC[C@H](OC(=O)[C@H](F)CCCCC)CC3)cc2)CC1. The molecule has 0 unspecified atom stereocenters. The van der Waals surface area contributed by atoms with Crippen LogP contribution in [0.25, 0.3) is 0 Å². The van der Waals surface area contributed by atoms with Crippen LogP contribution < -0.4 is 0 Å². The number of alkyl halides is 2. The summed E-state index contributed by atoms with van der Waals surface area (Å²) in [6, 6.07) is 9.03. The summed E-state index contributed by atoms with van der Waals surface area (Å²) in [6.45, 7) is 4.14. The standard InChI is InChI=1S/C36H56F2O4/c1-3-5-7-9-33(37)35(39)41-31-23-19-29(20-24-31)17-15-27-11-13-28(14-12-27)16-18-30-21-25-32(26-22-30)42-36(40)34(38)10-8-6-4-2/h11-14,29-34H,3-10,15-26H2,1-2H3/t29-,30-,31-,32-,33-,34-/m1/s1. The van der Waals surface area contributed by atoms with Crippen LogP contribution in [-0.2, 0) is 31.9 Å². The highest BCUT2D eigenvalue weighted by Crippen LogP contribution is 2.32. The van der Waals surface area contributed by atoms with Gasteiger partial charge in [0.15, 0.2) is 12.3 Å². The number of benzene rings is 1. The molecular weight excluding hydrogens is 534 g/mol. The number of hydrogen-bond acceptors (Lipinski definition) is 4. The molecule has 6 heteroatoms. The third-order valence-electron chi connectivity index (χ3n) is 9.49. The Kier molecular flexibility index (Phi) is 15.9. The highest BCUT2D eigenvalue weighted by atomic mass is 19.1. The minimum atomic E-state index is -1.47. The van der Waals surface area contributed by atoms with Crippen molar-refractivity contribution in [1.82, 2.24) is 0 Å². The van der Waals surface area contributed by atoms with Gasteiger partial charge in [-0.25, -0.2) is 18.4 Å². The minimum Gasteiger partial charge on any atom is -0.460 e. The molecule has 0 amide bonds. The first kappa shape index (κ1) is 34.5. The first-order chi connectivity index (χ1) is 20.4. The lowest BCUT2D eigenvalue weighted by atomic mass is 9.83. The number of halogens is 2. The van der Waals surface area contributed by atoms with E-state index in [1.54, 1.807) is 0 Å². The third-order valence-corrected chi connectivity index (χ3v) is 9.49. The van der Waals surface area contributed by atoms with Crippen molar-refractivity contribution in [2.75, 3.05) is 0 Å². The van der Waals surface area contributed by atoms with E-state index in [0.29, 0.717) is 11.8 Å². The molecule has 0 spiro atoms. The molecule has 238 valence electrons. The molecule has 1 aromatic carbocycles. The molecule has 2 fully saturated rings. The Morgan fingerprint density at radius 3 is 1.33 bits per heavy atom. The van der Waals surface area contributed by atoms with Gasteiger partial charge < -0.3 is 9.47 Å². The molecule has 0 heterocycles. The van der Waals surface area contributed by atoms with E-state index in [2.05, 4.69) is 38.1 Å². The Hall–Kier alpha value is -1.98. The number of hydrogen-bond donors (Lipinski definition) is 0. The zero-order valence-electron chi connectivity index (χ0n) is 26.3. The van der Waals surface area contributed by atoms with E-state index in [1.807, 2.05) is 0 Å². The second kappa shape index (κ2) is 19.3. The van der Waals surface area contributed by atoms with Crippen molar-refractivity contribution < 1.29 is 27.8 Å². The van der Waals surface area contributed by atoms with Crippen molar-refractivity contribution in [3.8, 4) is 0 Å². The highest BCUT2D eigenvalue weighted by Gasteiger charge is 2.28. The van der Waals surface area contributed by atoms with E-state index in [0.717, 1.165) is 116 Å². The molecule has 0 radical (unpaired) electrons. The fourth-order valence-corrected chi connectivity index (χ4v) is 6.55. The molecule has 2 aliphatic rings. The van der Waals surface area contributed by atoms with E-state index in [-0.39, 0.29) is 25.0 Å². The van der Waals surface area contributed by atoms with Gasteiger partial charge in [-0.2, -0.15) is 0 Å². The summed E-state index contributed by atoms with van der Waals surface area (Å²) >= 11 is 0. The predicted molar refractivity (Wildman–Crippen MR) is 165 cm³/mol. The summed E-state index contributed by atoms with van der Waals surface area (Å²) < 4.78 is 39.0. The Morgan fingerprint density at radius 1 is 0.643 bits per heavy atom. The van der Waals surface area contributed by atoms with Crippen molar-refractivity contribution in [1.29, 1.82) is 0 Å². The first-order valence-electron chi connectivity index (χ1n) is 17.1. The summed E-state index contributed by atoms with van der Waals surface area (Å²) in [5.74, 6) is -0.0478. The lowest BCUT2D eigenvalue weighted by molar-refractivity contribution is -0.158. The maximum Gasteiger partial charge on any atom is 0.340 e. The largest absolute Gasteiger partial charge is 0.460 e. The van der Waals surface area contributed by atoms with E-state index in [4.69, 9.17) is 9.47 Å². The summed E-state index contributed by atoms with van der Waals surface area (Å²) in [4.78, 5) is 24.1. The molecule has 0 N–H and O–H groups in total. The molecule has 2 atom stereocenters. The number of esters is 2. The molecular formula is C36H56F2O4. The zero-order valence-corrected chi connectivity index (χ0v) is 26.3. The van der Waals surface area contributed by atoms with Crippen LogP contribution in [0.15, 0.2) is 24.3 Å². The van der Waals surface area contributed by atoms with E-state index in [1.165, 1.54) is 11.1 Å². The Morgan fingerprint density at radius 2 is 1.00 bits per heavy atom. The predicted octanol–water partition coefficient (Wildman–Crippen LogP) is 9.59. The highest BCUT2D eigenvalue weighted by molar-refractivity contribution is 5.75. The first-order valence-corrected chi connectivity index (χ1v) is 17.1. The summed E-state index contributed by atoms with van der Waals surface area (Å²) in [7, 11) is 0. The van der Waals surface area contributed by atoms with Crippen molar-refractivity contribution in [3.63, 3.8) is 0 Å². The molecule has 2 aliphatic carbocycles. The fourth-order valence-electron chi connectivity index (χ4n) is 6.55. The van der Waals surface area contributed by atoms with Crippen LogP contribution in [0.4, 0.5) is 8.78 Å². The molecule has 0 aliphatic heterocycles. The van der Waals surface area contributed by atoms with Crippen LogP contribution in [0.3, 0.4) is 0 Å². The van der Waals surface area contributed by atoms with Gasteiger partial charge >= 0.3 is 11.9 Å². The van der Waals surface area contributed by atoms with Crippen molar-refractivity contribution >= 4 is 11.9 Å². The van der Waals surface area contributed by atoms with Crippen molar-refractivity contribution in [3.05, 3.63) is 35.4 Å². The van der Waals surface area contributed by atoms with Gasteiger partial charge in [0.05, 0.1) is 0 Å². The number of carbonyl (C=O) groups is 2. The maximum atomic E-state index is 14.0. The summed E-state index contributed by atoms with van der Waals surface area (Å²) in [5, 5.41) is 0. The lowest BCUT2D eigenvalue weighted by Crippen LogP contribution is -2.29. The Bertz CT molecular complexity index is 815. The number of unbranched alkanes of at least 4 members (excludes halogenated alkanes) is 4. The number of aryl methyl sites for hydroxylation is 2. The molecule has 1 aromatic rings. The normalized spacial score (nSPS) is 24.1. The molecule has 4 nitrogen and oxygen atoms in total. The maximum absolute atomic E-state index is 14.0. The number of carbonyl (C=O) groups excluding carboxylic acids is 2. The van der Waals surface area contributed by atoms with Crippen molar-refractivity contribution in [2.45, 2.75) is 167 Å². The Labute approximate surface area is 253 Å². The smallest absolute Gasteiger partial charge is 0.340 e. The second-order valence-corrected chi connectivity index (χ2v) is 13.0. The quantitative estimate of drug-likeness (QED) is 0.126. The molecule has 0 saturated heterocycles. The third kappa shape index (κ3) is 12.7. The lowest BCUT2D eigenvalue weighted by Gasteiger charge is -2.29. The summed E-state index contributed by atoms with van der Waals surface area (Å²) in [6.07, 6.45) is 14.7. The van der Waals surface area contributed by atoms with Gasteiger partial charge in [0.1, 0.15) is 12.2 Å². The summed E-state index contributed by atoms with van der Waals surface area (Å²) in [5.41, 5.74) is 2.73. The second-order valence-electron chi connectivity index (χ2n) is 13.0. The fraction of sp³-hybridized carbons (Fsp3) is 0.778.